The lowest BCUT2D eigenvalue weighted by Crippen LogP contribution is -2.49. The van der Waals surface area contributed by atoms with Gasteiger partial charge in [0.15, 0.2) is 0 Å². The highest BCUT2D eigenvalue weighted by molar-refractivity contribution is 7.89. The number of fused-ring (bicyclic) bond motifs is 1. The van der Waals surface area contributed by atoms with Crippen molar-refractivity contribution >= 4 is 44.3 Å². The third-order valence-electron chi connectivity index (χ3n) is 5.26. The van der Waals surface area contributed by atoms with Gasteiger partial charge in [-0.1, -0.05) is 41.4 Å². The number of hydrogen-bond donors (Lipinski definition) is 0. The summed E-state index contributed by atoms with van der Waals surface area (Å²) >= 11 is 12.1. The summed E-state index contributed by atoms with van der Waals surface area (Å²) in [5.74, 6) is 0. The van der Waals surface area contributed by atoms with Gasteiger partial charge in [0.1, 0.15) is 4.90 Å². The van der Waals surface area contributed by atoms with Crippen molar-refractivity contribution in [3.8, 4) is 0 Å². The van der Waals surface area contributed by atoms with Crippen LogP contribution in [0.2, 0.25) is 10.0 Å². The van der Waals surface area contributed by atoms with E-state index in [1.54, 1.807) is 28.3 Å². The minimum absolute atomic E-state index is 0.0189. The van der Waals surface area contributed by atoms with Crippen molar-refractivity contribution in [3.05, 3.63) is 63.0 Å². The van der Waals surface area contributed by atoms with Crippen LogP contribution < -0.4 is 5.69 Å². The Kier molecular flexibility index (Phi) is 5.48. The van der Waals surface area contributed by atoms with Gasteiger partial charge in [0.05, 0.1) is 27.7 Å². The van der Waals surface area contributed by atoms with Gasteiger partial charge < -0.3 is 0 Å². The van der Waals surface area contributed by atoms with Crippen LogP contribution in [0.15, 0.2) is 52.2 Å². The topological polar surface area (TPSA) is 67.6 Å². The fourth-order valence-corrected chi connectivity index (χ4v) is 5.79. The lowest BCUT2D eigenvalue weighted by Gasteiger charge is -2.34. The molecule has 0 amide bonds. The molecule has 1 saturated heterocycles. The number of para-hydroxylation sites is 2. The zero-order chi connectivity index (χ0) is 20.8. The van der Waals surface area contributed by atoms with Gasteiger partial charge in [0.25, 0.3) is 0 Å². The van der Waals surface area contributed by atoms with Gasteiger partial charge in [-0.25, -0.2) is 13.2 Å². The standard InChI is InChI=1S/C19H20Cl2N4O3S/c1-22-15-6-2-3-7-16(15)25(19(22)26)13-23-9-11-24(12-10-23)29(27,28)17-8-4-5-14(20)18(17)21/h2-8H,9-13H2,1H3. The zero-order valence-electron chi connectivity index (χ0n) is 15.8. The SMILES string of the molecule is Cn1c(=O)n(CN2CCN(S(=O)(=O)c3cccc(Cl)c3Cl)CC2)c2ccccc21. The third kappa shape index (κ3) is 3.60. The summed E-state index contributed by atoms with van der Waals surface area (Å²) in [6.07, 6.45) is 0. The monoisotopic (exact) mass is 454 g/mol. The maximum atomic E-state index is 13.0. The second kappa shape index (κ2) is 7.77. The summed E-state index contributed by atoms with van der Waals surface area (Å²) in [5.41, 5.74) is 1.64. The maximum Gasteiger partial charge on any atom is 0.329 e. The first kappa shape index (κ1) is 20.4. The van der Waals surface area contributed by atoms with E-state index in [2.05, 4.69) is 4.90 Å². The van der Waals surface area contributed by atoms with Crippen LogP contribution >= 0.6 is 23.2 Å². The molecule has 1 aromatic heterocycles. The third-order valence-corrected chi connectivity index (χ3v) is 8.13. The molecule has 0 radical (unpaired) electrons. The summed E-state index contributed by atoms with van der Waals surface area (Å²) in [4.78, 5) is 14.7. The molecule has 0 spiro atoms. The average Bonchev–Trinajstić information content (AvgIpc) is 2.95. The number of nitrogens with zero attached hydrogens (tertiary/aromatic N) is 4. The minimum atomic E-state index is -3.73. The normalized spacial score (nSPS) is 16.5. The number of imidazole rings is 1. The molecule has 0 N–H and O–H groups in total. The number of aromatic nitrogens is 2. The van der Waals surface area contributed by atoms with Crippen molar-refractivity contribution in [1.29, 1.82) is 0 Å². The first-order valence-electron chi connectivity index (χ1n) is 9.11. The molecule has 0 unspecified atom stereocenters. The number of halogens is 2. The Hall–Kier alpha value is -1.84. The lowest BCUT2D eigenvalue weighted by molar-refractivity contribution is 0.152. The van der Waals surface area contributed by atoms with Crippen LogP contribution in [0, 0.1) is 0 Å². The number of rotatable bonds is 4. The van der Waals surface area contributed by atoms with Crippen molar-refractivity contribution in [1.82, 2.24) is 18.3 Å². The summed E-state index contributed by atoms with van der Waals surface area (Å²) in [7, 11) is -1.98. The van der Waals surface area contributed by atoms with Gasteiger partial charge in [-0.15, -0.1) is 0 Å². The van der Waals surface area contributed by atoms with Crippen molar-refractivity contribution in [2.45, 2.75) is 11.6 Å². The van der Waals surface area contributed by atoms with Gasteiger partial charge in [-0.2, -0.15) is 4.31 Å². The number of benzene rings is 2. The van der Waals surface area contributed by atoms with E-state index in [1.165, 1.54) is 10.4 Å². The molecule has 1 aliphatic heterocycles. The maximum absolute atomic E-state index is 13.0. The molecule has 0 atom stereocenters. The first-order chi connectivity index (χ1) is 13.8. The molecular formula is C19H20Cl2N4O3S. The van der Waals surface area contributed by atoms with Crippen LogP contribution in [0.5, 0.6) is 0 Å². The van der Waals surface area contributed by atoms with E-state index in [0.29, 0.717) is 32.8 Å². The molecule has 1 aliphatic rings. The summed E-state index contributed by atoms with van der Waals surface area (Å²) < 4.78 is 30.7. The number of sulfonamides is 1. The van der Waals surface area contributed by atoms with Crippen LogP contribution in [0.3, 0.4) is 0 Å². The highest BCUT2D eigenvalue weighted by Gasteiger charge is 2.31. The Bertz CT molecular complexity index is 1230. The summed E-state index contributed by atoms with van der Waals surface area (Å²) in [6, 6.07) is 12.2. The Morgan fingerprint density at radius 2 is 1.59 bits per heavy atom. The molecule has 1 fully saturated rings. The molecule has 2 aromatic carbocycles. The number of piperazine rings is 1. The van der Waals surface area contributed by atoms with Crippen molar-refractivity contribution in [2.24, 2.45) is 7.05 Å². The molecule has 0 aliphatic carbocycles. The van der Waals surface area contributed by atoms with Crippen LogP contribution in [0.4, 0.5) is 0 Å². The van der Waals surface area contributed by atoms with E-state index in [4.69, 9.17) is 23.2 Å². The largest absolute Gasteiger partial charge is 0.329 e. The quantitative estimate of drug-likeness (QED) is 0.607. The fourth-order valence-electron chi connectivity index (χ4n) is 3.63. The highest BCUT2D eigenvalue weighted by atomic mass is 35.5. The minimum Gasteiger partial charge on any atom is -0.295 e. The van der Waals surface area contributed by atoms with Crippen LogP contribution in [0.25, 0.3) is 11.0 Å². The molecule has 7 nitrogen and oxygen atoms in total. The second-order valence-electron chi connectivity index (χ2n) is 6.97. The Labute approximate surface area is 178 Å². The van der Waals surface area contributed by atoms with Crippen molar-refractivity contribution in [3.63, 3.8) is 0 Å². The summed E-state index contributed by atoms with van der Waals surface area (Å²) in [6.45, 7) is 2.04. The molecule has 10 heteroatoms. The number of hydrogen-bond acceptors (Lipinski definition) is 4. The Balaban J connectivity index is 1.51. The van der Waals surface area contributed by atoms with E-state index >= 15 is 0 Å². The van der Waals surface area contributed by atoms with Crippen LogP contribution in [-0.4, -0.2) is 52.9 Å². The van der Waals surface area contributed by atoms with Crippen LogP contribution in [-0.2, 0) is 23.7 Å². The van der Waals surface area contributed by atoms with Gasteiger partial charge in [-0.05, 0) is 24.3 Å². The van der Waals surface area contributed by atoms with E-state index < -0.39 is 10.0 Å². The van der Waals surface area contributed by atoms with Crippen molar-refractivity contribution < 1.29 is 8.42 Å². The van der Waals surface area contributed by atoms with Crippen molar-refractivity contribution in [2.75, 3.05) is 26.2 Å². The first-order valence-corrected chi connectivity index (χ1v) is 11.3. The van der Waals surface area contributed by atoms with Gasteiger partial charge in [0.2, 0.25) is 10.0 Å². The van der Waals surface area contributed by atoms with E-state index in [0.717, 1.165) is 11.0 Å². The van der Waals surface area contributed by atoms with E-state index in [1.807, 2.05) is 24.3 Å². The predicted octanol–water partition coefficient (Wildman–Crippen LogP) is 2.61. The molecule has 29 heavy (non-hydrogen) atoms. The molecule has 2 heterocycles. The second-order valence-corrected chi connectivity index (χ2v) is 9.67. The average molecular weight is 455 g/mol. The zero-order valence-corrected chi connectivity index (χ0v) is 18.1. The van der Waals surface area contributed by atoms with Gasteiger partial charge >= 0.3 is 5.69 Å². The van der Waals surface area contributed by atoms with E-state index in [-0.39, 0.29) is 20.6 Å². The summed E-state index contributed by atoms with van der Waals surface area (Å²) in [5, 5.41) is 0.251. The molecular weight excluding hydrogens is 435 g/mol. The highest BCUT2D eigenvalue weighted by Crippen LogP contribution is 2.31. The Morgan fingerprint density at radius 1 is 0.931 bits per heavy atom. The molecule has 154 valence electrons. The van der Waals surface area contributed by atoms with E-state index in [9.17, 15) is 13.2 Å². The van der Waals surface area contributed by atoms with Gasteiger partial charge in [0, 0.05) is 33.2 Å². The smallest absolute Gasteiger partial charge is 0.295 e. The lowest BCUT2D eigenvalue weighted by atomic mass is 10.3. The molecule has 3 aromatic rings. The number of aryl methyl sites for hydroxylation is 1. The fraction of sp³-hybridized carbons (Fsp3) is 0.316. The van der Waals surface area contributed by atoms with Crippen LogP contribution in [0.1, 0.15) is 0 Å². The molecule has 4 rings (SSSR count). The molecule has 0 saturated carbocycles. The molecule has 0 bridgehead atoms. The Morgan fingerprint density at radius 3 is 2.28 bits per heavy atom. The van der Waals surface area contributed by atoms with Gasteiger partial charge in [-0.3, -0.25) is 14.0 Å². The predicted molar refractivity (Wildman–Crippen MR) is 114 cm³/mol.